The first-order chi connectivity index (χ1) is 8.73. The van der Waals surface area contributed by atoms with E-state index >= 15 is 0 Å². The minimum atomic E-state index is -3.51. The number of hydrogen-bond acceptors (Lipinski definition) is 5. The summed E-state index contributed by atoms with van der Waals surface area (Å²) in [5, 5.41) is 9.49. The van der Waals surface area contributed by atoms with Crippen molar-refractivity contribution >= 4 is 13.3 Å². The highest BCUT2D eigenvalue weighted by molar-refractivity contribution is 7.57. The molecule has 1 heterocycles. The Morgan fingerprint density at radius 3 is 2.58 bits per heavy atom. The van der Waals surface area contributed by atoms with Crippen molar-refractivity contribution < 1.29 is 19.5 Å². The summed E-state index contributed by atoms with van der Waals surface area (Å²) in [6.07, 6.45) is 3.05. The Labute approximate surface area is 111 Å². The van der Waals surface area contributed by atoms with Gasteiger partial charge in [0.25, 0.3) is 5.91 Å². The lowest BCUT2D eigenvalue weighted by molar-refractivity contribution is -0.160. The van der Waals surface area contributed by atoms with Crippen molar-refractivity contribution in [3.05, 3.63) is 30.1 Å². The number of carbonyl (C=O) groups excluding carboxylic acids is 1. The fourth-order valence-electron chi connectivity index (χ4n) is 1.83. The fraction of sp³-hybridized carbons (Fsp3) is 0.455. The minimum absolute atomic E-state index is 0.176. The van der Waals surface area contributed by atoms with Crippen LogP contribution in [0.15, 0.2) is 24.5 Å². The normalized spacial score (nSPS) is 15.9. The second kappa shape index (κ2) is 6.25. The Kier molecular flexibility index (Phi) is 5.20. The predicted octanol–water partition coefficient (Wildman–Crippen LogP) is 0.760. The lowest BCUT2D eigenvalue weighted by Gasteiger charge is -2.29. The van der Waals surface area contributed by atoms with E-state index in [1.165, 1.54) is 24.8 Å². The van der Waals surface area contributed by atoms with Gasteiger partial charge in [0, 0.05) is 26.1 Å². The van der Waals surface area contributed by atoms with E-state index in [-0.39, 0.29) is 6.54 Å². The van der Waals surface area contributed by atoms with Crippen LogP contribution in [0.2, 0.25) is 0 Å². The molecule has 0 bridgehead atoms. The van der Waals surface area contributed by atoms with Crippen molar-refractivity contribution in [3.63, 3.8) is 0 Å². The molecule has 106 valence electrons. The molecule has 0 aromatic carbocycles. The van der Waals surface area contributed by atoms with Crippen molar-refractivity contribution in [1.82, 2.24) is 14.9 Å². The van der Waals surface area contributed by atoms with E-state index in [0.717, 1.165) is 0 Å². The topological polar surface area (TPSA) is 94.0 Å². The number of nitrogens with zero attached hydrogens (tertiary/aromatic N) is 3. The van der Waals surface area contributed by atoms with Gasteiger partial charge in [-0.2, -0.15) is 0 Å². The van der Waals surface area contributed by atoms with Gasteiger partial charge < -0.3 is 4.89 Å². The molecule has 19 heavy (non-hydrogen) atoms. The molecule has 1 amide bonds. The van der Waals surface area contributed by atoms with E-state index in [0.29, 0.717) is 10.6 Å². The monoisotopic (exact) mass is 287 g/mol. The zero-order valence-corrected chi connectivity index (χ0v) is 12.0. The van der Waals surface area contributed by atoms with Gasteiger partial charge >= 0.3 is 0 Å². The maximum Gasteiger partial charge on any atom is 0.259 e. The average Bonchev–Trinajstić information content (AvgIpc) is 2.28. The molecule has 2 atom stereocenters. The highest BCUT2D eigenvalue weighted by Crippen LogP contribution is 2.53. The van der Waals surface area contributed by atoms with Gasteiger partial charge in [0.1, 0.15) is 5.78 Å². The Morgan fingerprint density at radius 1 is 1.53 bits per heavy atom. The molecule has 8 heteroatoms. The van der Waals surface area contributed by atoms with Crippen LogP contribution in [0, 0.1) is 0 Å². The van der Waals surface area contributed by atoms with Crippen LogP contribution >= 0.6 is 7.37 Å². The number of carbonyl (C=O) groups is 1. The summed E-state index contributed by atoms with van der Waals surface area (Å²) in [5.74, 6) is -1.41. The van der Waals surface area contributed by atoms with Crippen LogP contribution in [0.25, 0.3) is 0 Å². The summed E-state index contributed by atoms with van der Waals surface area (Å²) in [6, 6.07) is 3.33. The van der Waals surface area contributed by atoms with Gasteiger partial charge in [-0.25, -0.2) is 5.06 Å². The van der Waals surface area contributed by atoms with Gasteiger partial charge in [-0.05, 0) is 18.7 Å². The van der Waals surface area contributed by atoms with Crippen LogP contribution in [-0.4, -0.2) is 58.3 Å². The SMILES string of the molecule is CN(O)C(=O)CN(C)C(c1cccnc1)P(C)(=O)O. The highest BCUT2D eigenvalue weighted by atomic mass is 31.2. The van der Waals surface area contributed by atoms with Gasteiger partial charge in [-0.15, -0.1) is 0 Å². The van der Waals surface area contributed by atoms with Gasteiger partial charge in [-0.1, -0.05) is 6.07 Å². The first kappa shape index (κ1) is 15.8. The lowest BCUT2D eigenvalue weighted by atomic mass is 10.2. The van der Waals surface area contributed by atoms with Crippen molar-refractivity contribution in [2.45, 2.75) is 5.78 Å². The second-order valence-electron chi connectivity index (χ2n) is 4.44. The molecular formula is C11H18N3O4P. The third-order valence-corrected chi connectivity index (χ3v) is 4.20. The molecule has 0 spiro atoms. The molecule has 2 unspecified atom stereocenters. The molecule has 0 aliphatic rings. The molecule has 0 saturated heterocycles. The van der Waals surface area contributed by atoms with E-state index in [4.69, 9.17) is 5.21 Å². The molecule has 1 aromatic rings. The molecule has 2 N–H and O–H groups in total. The molecule has 0 fully saturated rings. The Balaban J connectivity index is 3.00. The lowest BCUT2D eigenvalue weighted by Crippen LogP contribution is -2.36. The largest absolute Gasteiger partial charge is 0.343 e. The first-order valence-electron chi connectivity index (χ1n) is 5.59. The molecule has 1 aromatic heterocycles. The zero-order chi connectivity index (χ0) is 14.6. The number of rotatable bonds is 5. The van der Waals surface area contributed by atoms with E-state index in [2.05, 4.69) is 4.98 Å². The summed E-state index contributed by atoms with van der Waals surface area (Å²) >= 11 is 0. The molecule has 0 radical (unpaired) electrons. The predicted molar refractivity (Wildman–Crippen MR) is 69.9 cm³/mol. The number of likely N-dealkylation sites (N-methyl/N-ethyl adjacent to an activating group) is 2. The maximum atomic E-state index is 12.0. The average molecular weight is 287 g/mol. The Morgan fingerprint density at radius 2 is 2.16 bits per heavy atom. The van der Waals surface area contributed by atoms with Crippen molar-refractivity contribution in [3.8, 4) is 0 Å². The Bertz CT molecular complexity index is 474. The highest BCUT2D eigenvalue weighted by Gasteiger charge is 2.32. The standard InChI is InChI=1S/C11H18N3O4P/c1-13(8-10(15)14(2)16)11(19(3,17)18)9-5-4-6-12-7-9/h4-7,11,16H,8H2,1-3H3,(H,17,18). The molecule has 0 saturated carbocycles. The van der Waals surface area contributed by atoms with Gasteiger partial charge in [0.2, 0.25) is 7.37 Å². The first-order valence-corrected chi connectivity index (χ1v) is 7.76. The molecule has 7 nitrogen and oxygen atoms in total. The number of pyridine rings is 1. The van der Waals surface area contributed by atoms with Crippen LogP contribution in [-0.2, 0) is 9.36 Å². The van der Waals surface area contributed by atoms with E-state index in [1.807, 2.05) is 0 Å². The van der Waals surface area contributed by atoms with Gasteiger partial charge in [0.05, 0.1) is 6.54 Å². The van der Waals surface area contributed by atoms with Crippen LogP contribution < -0.4 is 0 Å². The number of amides is 1. The third-order valence-electron chi connectivity index (χ3n) is 2.60. The smallest absolute Gasteiger partial charge is 0.259 e. The fourth-order valence-corrected chi connectivity index (χ4v) is 3.35. The molecular weight excluding hydrogens is 269 g/mol. The van der Waals surface area contributed by atoms with Crippen molar-refractivity contribution in [2.24, 2.45) is 0 Å². The molecule has 0 aliphatic carbocycles. The van der Waals surface area contributed by atoms with Crippen molar-refractivity contribution in [2.75, 3.05) is 27.3 Å². The van der Waals surface area contributed by atoms with Crippen LogP contribution in [0.1, 0.15) is 11.3 Å². The third kappa shape index (κ3) is 4.40. The van der Waals surface area contributed by atoms with Crippen molar-refractivity contribution in [1.29, 1.82) is 0 Å². The van der Waals surface area contributed by atoms with E-state index < -0.39 is 19.1 Å². The zero-order valence-electron chi connectivity index (χ0n) is 11.1. The maximum absolute atomic E-state index is 12.0. The van der Waals surface area contributed by atoms with Gasteiger partial charge in [-0.3, -0.25) is 24.5 Å². The summed E-state index contributed by atoms with van der Waals surface area (Å²) in [6.45, 7) is 1.05. The van der Waals surface area contributed by atoms with E-state index in [1.54, 1.807) is 25.4 Å². The quantitative estimate of drug-likeness (QED) is 0.472. The van der Waals surface area contributed by atoms with Gasteiger partial charge in [0.15, 0.2) is 0 Å². The molecule has 0 aliphatic heterocycles. The number of hydroxylamine groups is 2. The van der Waals surface area contributed by atoms with Crippen LogP contribution in [0.3, 0.4) is 0 Å². The summed E-state index contributed by atoms with van der Waals surface area (Å²) in [7, 11) is -0.752. The van der Waals surface area contributed by atoms with E-state index in [9.17, 15) is 14.3 Å². The van der Waals surface area contributed by atoms with Crippen LogP contribution in [0.5, 0.6) is 0 Å². The summed E-state index contributed by atoms with van der Waals surface area (Å²) in [4.78, 5) is 26.7. The Hall–Kier alpha value is -1.27. The molecule has 1 rings (SSSR count). The summed E-state index contributed by atoms with van der Waals surface area (Å²) in [5.41, 5.74) is 0.548. The second-order valence-corrected chi connectivity index (χ2v) is 6.81. The summed E-state index contributed by atoms with van der Waals surface area (Å²) < 4.78 is 12.0. The minimum Gasteiger partial charge on any atom is -0.343 e. The number of aromatic nitrogens is 1. The van der Waals surface area contributed by atoms with Crippen LogP contribution in [0.4, 0.5) is 0 Å². The number of hydrogen-bond donors (Lipinski definition) is 2.